The summed E-state index contributed by atoms with van der Waals surface area (Å²) in [6, 6.07) is 6.43. The van der Waals surface area contributed by atoms with Crippen molar-refractivity contribution in [2.45, 2.75) is 46.6 Å². The van der Waals surface area contributed by atoms with Gasteiger partial charge in [-0.1, -0.05) is 24.6 Å². The molecule has 0 bridgehead atoms. The van der Waals surface area contributed by atoms with Crippen molar-refractivity contribution in [1.82, 2.24) is 4.90 Å². The third kappa shape index (κ3) is 4.39. The predicted molar refractivity (Wildman–Crippen MR) is 73.5 cm³/mol. The quantitative estimate of drug-likeness (QED) is 0.817. The summed E-state index contributed by atoms with van der Waals surface area (Å²) < 4.78 is 0. The van der Waals surface area contributed by atoms with Gasteiger partial charge in [-0.15, -0.1) is 0 Å². The molecule has 1 N–H and O–H groups in total. The molecule has 0 aliphatic rings. The van der Waals surface area contributed by atoms with Gasteiger partial charge in [-0.2, -0.15) is 0 Å². The summed E-state index contributed by atoms with van der Waals surface area (Å²) in [7, 11) is 0. The number of nitrogens with zero attached hydrogens (tertiary/aromatic N) is 1. The standard InChI is InChI=1S/C15H25NO/c1-5-16(12(2)3)10-6-7-14-11-13(4)8-9-15(14)17/h8-9,11-12,17H,5-7,10H2,1-4H3. The van der Waals surface area contributed by atoms with Crippen LogP contribution in [0.3, 0.4) is 0 Å². The van der Waals surface area contributed by atoms with E-state index < -0.39 is 0 Å². The predicted octanol–water partition coefficient (Wildman–Crippen LogP) is 3.36. The Morgan fingerprint density at radius 3 is 2.59 bits per heavy atom. The molecule has 2 heteroatoms. The molecule has 0 aromatic heterocycles. The molecule has 0 fully saturated rings. The monoisotopic (exact) mass is 235 g/mol. The topological polar surface area (TPSA) is 23.5 Å². The molecular weight excluding hydrogens is 210 g/mol. The molecule has 0 atom stereocenters. The van der Waals surface area contributed by atoms with Gasteiger partial charge in [0.15, 0.2) is 0 Å². The van der Waals surface area contributed by atoms with E-state index in [-0.39, 0.29) is 0 Å². The third-order valence-electron chi connectivity index (χ3n) is 3.26. The van der Waals surface area contributed by atoms with Crippen LogP contribution in [0.25, 0.3) is 0 Å². The van der Waals surface area contributed by atoms with E-state index >= 15 is 0 Å². The lowest BCUT2D eigenvalue weighted by atomic mass is 10.1. The van der Waals surface area contributed by atoms with Gasteiger partial charge < -0.3 is 10.0 Å². The number of rotatable bonds is 6. The van der Waals surface area contributed by atoms with E-state index in [2.05, 4.69) is 38.7 Å². The van der Waals surface area contributed by atoms with E-state index in [0.29, 0.717) is 11.8 Å². The highest BCUT2D eigenvalue weighted by Gasteiger charge is 2.07. The Hall–Kier alpha value is -1.02. The first kappa shape index (κ1) is 14.0. The zero-order chi connectivity index (χ0) is 12.8. The van der Waals surface area contributed by atoms with Gasteiger partial charge in [0.1, 0.15) is 5.75 Å². The van der Waals surface area contributed by atoms with Gasteiger partial charge >= 0.3 is 0 Å². The number of phenols is 1. The first-order valence-electron chi connectivity index (χ1n) is 6.57. The number of aromatic hydroxyl groups is 1. The molecule has 1 aromatic rings. The Bertz CT molecular complexity index is 347. The lowest BCUT2D eigenvalue weighted by Crippen LogP contribution is -2.31. The van der Waals surface area contributed by atoms with E-state index in [1.54, 1.807) is 6.07 Å². The molecule has 0 saturated carbocycles. The molecule has 96 valence electrons. The fraction of sp³-hybridized carbons (Fsp3) is 0.600. The Kier molecular flexibility index (Phi) is 5.49. The van der Waals surface area contributed by atoms with Crippen molar-refractivity contribution < 1.29 is 5.11 Å². The first-order valence-corrected chi connectivity index (χ1v) is 6.57. The van der Waals surface area contributed by atoms with Crippen LogP contribution in [-0.4, -0.2) is 29.1 Å². The van der Waals surface area contributed by atoms with Crippen LogP contribution in [0.5, 0.6) is 5.75 Å². The molecule has 2 nitrogen and oxygen atoms in total. The van der Waals surface area contributed by atoms with Gasteiger partial charge in [0.25, 0.3) is 0 Å². The first-order chi connectivity index (χ1) is 8.04. The van der Waals surface area contributed by atoms with Gasteiger partial charge in [-0.05, 0) is 58.3 Å². The SMILES string of the molecule is CCN(CCCc1cc(C)ccc1O)C(C)C. The Morgan fingerprint density at radius 1 is 1.29 bits per heavy atom. The lowest BCUT2D eigenvalue weighted by Gasteiger charge is -2.24. The maximum absolute atomic E-state index is 9.75. The fourth-order valence-electron chi connectivity index (χ4n) is 2.17. The molecular formula is C15H25NO. The van der Waals surface area contributed by atoms with Crippen LogP contribution in [0.15, 0.2) is 18.2 Å². The second kappa shape index (κ2) is 6.65. The maximum atomic E-state index is 9.75. The van der Waals surface area contributed by atoms with Gasteiger partial charge in [0.05, 0.1) is 0 Å². The van der Waals surface area contributed by atoms with Crippen molar-refractivity contribution in [3.05, 3.63) is 29.3 Å². The highest BCUT2D eigenvalue weighted by atomic mass is 16.3. The zero-order valence-corrected chi connectivity index (χ0v) is 11.5. The van der Waals surface area contributed by atoms with Crippen LogP contribution in [0.4, 0.5) is 0 Å². The summed E-state index contributed by atoms with van der Waals surface area (Å²) in [4.78, 5) is 2.45. The Labute approximate surface area is 105 Å². The van der Waals surface area contributed by atoms with Crippen molar-refractivity contribution in [1.29, 1.82) is 0 Å². The van der Waals surface area contributed by atoms with E-state index in [0.717, 1.165) is 31.5 Å². The summed E-state index contributed by atoms with van der Waals surface area (Å²) in [5.74, 6) is 0.434. The number of hydrogen-bond donors (Lipinski definition) is 1. The van der Waals surface area contributed by atoms with Crippen molar-refractivity contribution in [3.8, 4) is 5.75 Å². The van der Waals surface area contributed by atoms with Crippen LogP contribution in [0, 0.1) is 6.92 Å². The van der Waals surface area contributed by atoms with E-state index in [1.807, 2.05) is 6.07 Å². The van der Waals surface area contributed by atoms with Crippen LogP contribution >= 0.6 is 0 Å². The van der Waals surface area contributed by atoms with Crippen LogP contribution in [0.1, 0.15) is 38.3 Å². The summed E-state index contributed by atoms with van der Waals surface area (Å²) in [5, 5.41) is 9.75. The van der Waals surface area contributed by atoms with Crippen molar-refractivity contribution >= 4 is 0 Å². The van der Waals surface area contributed by atoms with Gasteiger partial charge in [0.2, 0.25) is 0 Å². The third-order valence-corrected chi connectivity index (χ3v) is 3.26. The lowest BCUT2D eigenvalue weighted by molar-refractivity contribution is 0.231. The minimum absolute atomic E-state index is 0.434. The molecule has 0 unspecified atom stereocenters. The minimum atomic E-state index is 0.434. The Morgan fingerprint density at radius 2 is 2.00 bits per heavy atom. The summed E-state index contributed by atoms with van der Waals surface area (Å²) in [6.07, 6.45) is 2.06. The van der Waals surface area contributed by atoms with E-state index in [1.165, 1.54) is 5.56 Å². The Balaban J connectivity index is 2.47. The molecule has 0 spiro atoms. The average Bonchev–Trinajstić information content (AvgIpc) is 2.28. The molecule has 1 rings (SSSR count). The van der Waals surface area contributed by atoms with E-state index in [9.17, 15) is 5.11 Å². The van der Waals surface area contributed by atoms with Gasteiger partial charge in [0, 0.05) is 6.04 Å². The number of hydrogen-bond acceptors (Lipinski definition) is 2. The average molecular weight is 235 g/mol. The zero-order valence-electron chi connectivity index (χ0n) is 11.5. The molecule has 0 aliphatic carbocycles. The number of phenolic OH excluding ortho intramolecular Hbond substituents is 1. The smallest absolute Gasteiger partial charge is 0.118 e. The maximum Gasteiger partial charge on any atom is 0.118 e. The molecule has 17 heavy (non-hydrogen) atoms. The second-order valence-electron chi connectivity index (χ2n) is 4.96. The second-order valence-corrected chi connectivity index (χ2v) is 4.96. The number of benzene rings is 1. The molecule has 0 aliphatic heterocycles. The van der Waals surface area contributed by atoms with E-state index in [4.69, 9.17) is 0 Å². The van der Waals surface area contributed by atoms with Crippen molar-refractivity contribution in [2.75, 3.05) is 13.1 Å². The van der Waals surface area contributed by atoms with Gasteiger partial charge in [-0.25, -0.2) is 0 Å². The molecule has 0 amide bonds. The van der Waals surface area contributed by atoms with Crippen LogP contribution in [0.2, 0.25) is 0 Å². The van der Waals surface area contributed by atoms with Crippen molar-refractivity contribution in [3.63, 3.8) is 0 Å². The summed E-state index contributed by atoms with van der Waals surface area (Å²) in [6.45, 7) is 10.9. The molecule has 0 radical (unpaired) electrons. The largest absolute Gasteiger partial charge is 0.508 e. The summed E-state index contributed by atoms with van der Waals surface area (Å²) >= 11 is 0. The van der Waals surface area contributed by atoms with Crippen LogP contribution < -0.4 is 0 Å². The number of aryl methyl sites for hydroxylation is 2. The van der Waals surface area contributed by atoms with Crippen molar-refractivity contribution in [2.24, 2.45) is 0 Å². The fourth-order valence-corrected chi connectivity index (χ4v) is 2.17. The normalized spacial score (nSPS) is 11.4. The summed E-state index contributed by atoms with van der Waals surface area (Å²) in [5.41, 5.74) is 2.29. The highest BCUT2D eigenvalue weighted by Crippen LogP contribution is 2.19. The molecule has 0 heterocycles. The molecule has 1 aromatic carbocycles. The minimum Gasteiger partial charge on any atom is -0.508 e. The highest BCUT2D eigenvalue weighted by molar-refractivity contribution is 5.35. The molecule has 0 saturated heterocycles. The van der Waals surface area contributed by atoms with Gasteiger partial charge in [-0.3, -0.25) is 0 Å². The van der Waals surface area contributed by atoms with Crippen LogP contribution in [-0.2, 0) is 6.42 Å².